The quantitative estimate of drug-likeness (QED) is 0.239. The molecule has 0 atom stereocenters. The molecular formula is C26H30F3N6O3+. The predicted molar refractivity (Wildman–Crippen MR) is 135 cm³/mol. The lowest BCUT2D eigenvalue weighted by atomic mass is 9.86. The fourth-order valence-corrected chi connectivity index (χ4v) is 4.45. The highest BCUT2D eigenvalue weighted by Crippen LogP contribution is 2.29. The van der Waals surface area contributed by atoms with Crippen molar-refractivity contribution in [2.24, 2.45) is 5.92 Å². The zero-order valence-electron chi connectivity index (χ0n) is 20.6. The van der Waals surface area contributed by atoms with Crippen LogP contribution in [0.3, 0.4) is 0 Å². The highest BCUT2D eigenvalue weighted by Gasteiger charge is 2.32. The van der Waals surface area contributed by atoms with E-state index in [9.17, 15) is 23.3 Å². The molecule has 0 amide bonds. The molecule has 4 rings (SSSR count). The maximum atomic E-state index is 12.7. The van der Waals surface area contributed by atoms with Crippen LogP contribution in [0.5, 0.6) is 5.75 Å². The number of rotatable bonds is 11. The van der Waals surface area contributed by atoms with Crippen molar-refractivity contribution in [3.8, 4) is 5.75 Å². The number of anilines is 2. The van der Waals surface area contributed by atoms with Crippen molar-refractivity contribution in [3.63, 3.8) is 0 Å². The molecule has 0 bridgehead atoms. The van der Waals surface area contributed by atoms with Crippen LogP contribution in [0.25, 0.3) is 0 Å². The van der Waals surface area contributed by atoms with Crippen molar-refractivity contribution in [1.82, 2.24) is 15.3 Å². The van der Waals surface area contributed by atoms with Gasteiger partial charge in [0.1, 0.15) is 11.9 Å². The minimum absolute atomic E-state index is 0.0503. The summed E-state index contributed by atoms with van der Waals surface area (Å²) in [4.78, 5) is 19.6. The Morgan fingerprint density at radius 2 is 1.68 bits per heavy atom. The lowest BCUT2D eigenvalue weighted by molar-refractivity contribution is -0.729. The number of hydrogen-bond donors (Lipinski definition) is 4. The van der Waals surface area contributed by atoms with Crippen LogP contribution in [-0.4, -0.2) is 39.0 Å². The van der Waals surface area contributed by atoms with E-state index in [1.54, 1.807) is 6.07 Å². The van der Waals surface area contributed by atoms with Crippen molar-refractivity contribution in [2.75, 3.05) is 17.2 Å². The molecule has 1 aliphatic carbocycles. The van der Waals surface area contributed by atoms with Gasteiger partial charge in [0.05, 0.1) is 4.91 Å². The molecule has 3 aromatic rings. The Labute approximate surface area is 218 Å². The topological polar surface area (TPSA) is 111 Å². The molecule has 0 unspecified atom stereocenters. The third-order valence-electron chi connectivity index (χ3n) is 6.45. The Kier molecular flexibility index (Phi) is 8.95. The first kappa shape index (κ1) is 27.1. The lowest BCUT2D eigenvalue weighted by Gasteiger charge is -2.29. The molecule has 38 heavy (non-hydrogen) atoms. The number of benzene rings is 2. The minimum Gasteiger partial charge on any atom is -0.405 e. The van der Waals surface area contributed by atoms with E-state index in [-0.39, 0.29) is 40.2 Å². The molecule has 1 heterocycles. The number of nitrogens with one attached hydrogen (secondary N) is 3. The van der Waals surface area contributed by atoms with Crippen molar-refractivity contribution in [3.05, 3.63) is 76.8 Å². The summed E-state index contributed by atoms with van der Waals surface area (Å²) in [5.41, 5.74) is 1.34. The standard InChI is InChI=1S/C26H30F3N6O3/c27-26(28,29)38-23-9-5-4-8-20(23)16-32-25-33-17-22(35(36)37)24(34-25)31-15-19-10-12-21(13-11-19)30-14-18-6-2-1-3-7-18/h1-9,17,19,21,30H,10-16H2,(H,36,37)(H2,31,32,33,34)/q+1/t19-,21-. The van der Waals surface area contributed by atoms with Gasteiger partial charge in [-0.05, 0) is 43.2 Å². The van der Waals surface area contributed by atoms with Crippen molar-refractivity contribution in [2.45, 2.75) is 51.2 Å². The van der Waals surface area contributed by atoms with E-state index in [1.807, 2.05) is 18.2 Å². The Bertz CT molecular complexity index is 1200. The summed E-state index contributed by atoms with van der Waals surface area (Å²) in [7, 11) is 0. The predicted octanol–water partition coefficient (Wildman–Crippen LogP) is 5.55. The van der Waals surface area contributed by atoms with Gasteiger partial charge >= 0.3 is 12.0 Å². The van der Waals surface area contributed by atoms with Crippen molar-refractivity contribution >= 4 is 17.5 Å². The number of para-hydroxylation sites is 1. The van der Waals surface area contributed by atoms with Crippen molar-refractivity contribution in [1.29, 1.82) is 0 Å². The van der Waals surface area contributed by atoms with Crippen LogP contribution in [-0.2, 0) is 13.1 Å². The number of aromatic nitrogens is 2. The molecule has 202 valence electrons. The smallest absolute Gasteiger partial charge is 0.405 e. The van der Waals surface area contributed by atoms with Gasteiger partial charge in [-0.1, -0.05) is 48.5 Å². The fourth-order valence-electron chi connectivity index (χ4n) is 4.45. The van der Waals surface area contributed by atoms with Crippen LogP contribution >= 0.6 is 0 Å². The van der Waals surface area contributed by atoms with E-state index in [2.05, 4.69) is 42.8 Å². The van der Waals surface area contributed by atoms with E-state index in [1.165, 1.54) is 23.8 Å². The molecule has 1 saturated carbocycles. The molecule has 2 aromatic carbocycles. The summed E-state index contributed by atoms with van der Waals surface area (Å²) in [6.07, 6.45) is 0.349. The Morgan fingerprint density at radius 3 is 2.39 bits per heavy atom. The molecule has 0 aliphatic heterocycles. The monoisotopic (exact) mass is 531 g/mol. The number of halogens is 3. The molecule has 12 heteroatoms. The van der Waals surface area contributed by atoms with Gasteiger partial charge in [0.25, 0.3) is 4.92 Å². The molecule has 0 spiro atoms. The van der Waals surface area contributed by atoms with Gasteiger partial charge in [-0.3, -0.25) is 0 Å². The summed E-state index contributed by atoms with van der Waals surface area (Å²) < 4.78 is 42.1. The summed E-state index contributed by atoms with van der Waals surface area (Å²) in [6.45, 7) is 1.33. The van der Waals surface area contributed by atoms with E-state index >= 15 is 0 Å². The van der Waals surface area contributed by atoms with Crippen LogP contribution in [0.1, 0.15) is 36.8 Å². The first-order valence-corrected chi connectivity index (χ1v) is 12.4. The number of hydrogen-bond acceptors (Lipinski definition) is 7. The molecule has 4 N–H and O–H groups in total. The molecule has 9 nitrogen and oxygen atoms in total. The van der Waals surface area contributed by atoms with Gasteiger partial charge in [0, 0.05) is 31.2 Å². The summed E-state index contributed by atoms with van der Waals surface area (Å²) in [5.74, 6) is 0.226. The highest BCUT2D eigenvalue weighted by atomic mass is 19.4. The van der Waals surface area contributed by atoms with Gasteiger partial charge in [-0.15, -0.1) is 13.2 Å². The Hall–Kier alpha value is -3.93. The third-order valence-corrected chi connectivity index (χ3v) is 6.45. The van der Waals surface area contributed by atoms with Crippen LogP contribution in [0.2, 0.25) is 0 Å². The maximum absolute atomic E-state index is 12.7. The van der Waals surface area contributed by atoms with Gasteiger partial charge in [-0.2, -0.15) is 4.98 Å². The summed E-state index contributed by atoms with van der Waals surface area (Å²) >= 11 is 0. The van der Waals surface area contributed by atoms with E-state index in [0.29, 0.717) is 18.5 Å². The SMILES string of the molecule is O=[N+](O)c1cnc(NCc2ccccc2OC(F)(F)F)nc1NC[C@H]1CC[C@H](NCc2ccccc2)CC1. The minimum atomic E-state index is -4.82. The van der Waals surface area contributed by atoms with E-state index < -0.39 is 6.36 Å². The lowest BCUT2D eigenvalue weighted by Crippen LogP contribution is -2.34. The zero-order valence-corrected chi connectivity index (χ0v) is 20.6. The van der Waals surface area contributed by atoms with Gasteiger partial charge in [0.15, 0.2) is 0 Å². The first-order valence-electron chi connectivity index (χ1n) is 12.4. The Balaban J connectivity index is 1.31. The molecular weight excluding hydrogens is 501 g/mol. The third kappa shape index (κ3) is 8.04. The second-order valence-electron chi connectivity index (χ2n) is 9.17. The number of ether oxygens (including phenoxy) is 1. The van der Waals surface area contributed by atoms with Crippen LogP contribution in [0.4, 0.5) is 30.6 Å². The highest BCUT2D eigenvalue weighted by molar-refractivity contribution is 5.56. The van der Waals surface area contributed by atoms with E-state index in [0.717, 1.165) is 38.4 Å². The largest absolute Gasteiger partial charge is 0.573 e. The second kappa shape index (κ2) is 12.5. The van der Waals surface area contributed by atoms with Crippen LogP contribution in [0, 0.1) is 10.8 Å². The summed E-state index contributed by atoms with van der Waals surface area (Å²) in [5, 5.41) is 19.1. The molecule has 1 fully saturated rings. The first-order chi connectivity index (χ1) is 18.3. The molecule has 1 aliphatic rings. The average Bonchev–Trinajstić information content (AvgIpc) is 2.90. The maximum Gasteiger partial charge on any atom is 0.573 e. The second-order valence-corrected chi connectivity index (χ2v) is 9.17. The number of nitrogens with zero attached hydrogens (tertiary/aromatic N) is 3. The van der Waals surface area contributed by atoms with Gasteiger partial charge in [0.2, 0.25) is 11.8 Å². The molecule has 0 saturated heterocycles. The van der Waals surface area contributed by atoms with Crippen molar-refractivity contribution < 1.29 is 28.0 Å². The van der Waals surface area contributed by atoms with Gasteiger partial charge in [-0.25, -0.2) is 10.2 Å². The van der Waals surface area contributed by atoms with Gasteiger partial charge < -0.3 is 20.7 Å². The average molecular weight is 532 g/mol. The molecule has 0 radical (unpaired) electrons. The molecule has 1 aromatic heterocycles. The summed E-state index contributed by atoms with van der Waals surface area (Å²) in [6, 6.07) is 16.4. The number of alkyl halides is 3. The zero-order chi connectivity index (χ0) is 27.0. The van der Waals surface area contributed by atoms with E-state index in [4.69, 9.17) is 0 Å². The normalized spacial score (nSPS) is 17.6. The van der Waals surface area contributed by atoms with Crippen LogP contribution < -0.4 is 20.7 Å². The Morgan fingerprint density at radius 1 is 0.974 bits per heavy atom. The van der Waals surface area contributed by atoms with Crippen LogP contribution in [0.15, 0.2) is 60.8 Å². The fraction of sp³-hybridized carbons (Fsp3) is 0.385.